The van der Waals surface area contributed by atoms with Gasteiger partial charge in [-0.3, -0.25) is 0 Å². The van der Waals surface area contributed by atoms with Gasteiger partial charge in [-0.15, -0.1) is 0 Å². The molecule has 0 bridgehead atoms. The van der Waals surface area contributed by atoms with Crippen molar-refractivity contribution in [2.24, 2.45) is 0 Å². The van der Waals surface area contributed by atoms with E-state index in [-0.39, 0.29) is 24.7 Å². The van der Waals surface area contributed by atoms with Crippen LogP contribution in [0.5, 0.6) is 0 Å². The number of aryl methyl sites for hydroxylation is 2. The van der Waals surface area contributed by atoms with Gasteiger partial charge in [0.25, 0.3) is 0 Å². The SMILES string of the molecule is Cc1sc([Se]c2sc(C)c(-c3cccc(F)c3)c2C(=O)NC(Cc2ccccc2)C(=O)N2CCCC2)c(C(=O)NC(Cc2ccccc2)C(=O)N2CCCC2)c1-c1cccc(F)c1. The average Bonchev–Trinajstić information content (AvgIpc) is 4.11. The van der Waals surface area contributed by atoms with Crippen molar-refractivity contribution in [3.8, 4) is 22.3 Å². The van der Waals surface area contributed by atoms with Gasteiger partial charge in [0.15, 0.2) is 0 Å². The minimum absolute atomic E-state index is 0.155. The van der Waals surface area contributed by atoms with Crippen molar-refractivity contribution in [2.45, 2.75) is 64.5 Å². The van der Waals surface area contributed by atoms with E-state index in [9.17, 15) is 18.4 Å². The Balaban J connectivity index is 1.22. The maximum atomic E-state index is 15.0. The molecule has 13 heteroatoms. The van der Waals surface area contributed by atoms with Crippen LogP contribution in [0, 0.1) is 25.5 Å². The number of nitrogens with one attached hydrogen (secondary N) is 2. The first-order valence-electron chi connectivity index (χ1n) is 21.3. The normalized spacial score (nSPS) is 14.7. The van der Waals surface area contributed by atoms with Crippen LogP contribution < -0.4 is 18.2 Å². The molecule has 0 saturated carbocycles. The molecule has 6 aromatic rings. The van der Waals surface area contributed by atoms with E-state index in [4.69, 9.17) is 0 Å². The third-order valence-electron chi connectivity index (χ3n) is 11.6. The van der Waals surface area contributed by atoms with E-state index in [2.05, 4.69) is 10.6 Å². The Morgan fingerprint density at radius 2 is 0.952 bits per heavy atom. The van der Waals surface area contributed by atoms with Crippen LogP contribution in [-0.2, 0) is 22.4 Å². The van der Waals surface area contributed by atoms with Crippen LogP contribution in [0.1, 0.15) is 67.3 Å². The van der Waals surface area contributed by atoms with Gasteiger partial charge >= 0.3 is 383 Å². The molecule has 8 rings (SSSR count). The number of hydrogen-bond acceptors (Lipinski definition) is 6. The molecule has 63 heavy (non-hydrogen) atoms. The van der Waals surface area contributed by atoms with Gasteiger partial charge in [0.1, 0.15) is 0 Å². The van der Waals surface area contributed by atoms with Gasteiger partial charge in [-0.25, -0.2) is 0 Å². The molecule has 2 N–H and O–H groups in total. The second-order valence-corrected chi connectivity index (χ2v) is 21.8. The van der Waals surface area contributed by atoms with Gasteiger partial charge in [0.05, 0.1) is 0 Å². The fraction of sp³-hybridized carbons (Fsp3) is 0.280. The fourth-order valence-corrected chi connectivity index (χ4v) is 15.3. The van der Waals surface area contributed by atoms with E-state index in [1.54, 1.807) is 34.1 Å². The Bertz CT molecular complexity index is 2440. The number of likely N-dealkylation sites (tertiary alicyclic amines) is 2. The number of thiophene rings is 2. The van der Waals surface area contributed by atoms with Crippen LogP contribution in [0.4, 0.5) is 8.78 Å². The van der Waals surface area contributed by atoms with Crippen molar-refractivity contribution in [3.63, 3.8) is 0 Å². The zero-order valence-electron chi connectivity index (χ0n) is 35.1. The van der Waals surface area contributed by atoms with Crippen LogP contribution >= 0.6 is 22.7 Å². The second-order valence-electron chi connectivity index (χ2n) is 16.0. The van der Waals surface area contributed by atoms with Crippen LogP contribution in [0.2, 0.25) is 0 Å². The summed E-state index contributed by atoms with van der Waals surface area (Å²) in [6.45, 7) is 6.25. The number of rotatable bonds is 14. The second kappa shape index (κ2) is 19.9. The molecule has 0 aliphatic carbocycles. The standard InChI is InChI=1S/C50H48F2N4O4S2Se/c1-31-41(35-19-13-21-37(51)29-35)43(45(57)53-39(27-33-15-5-3-6-16-33)47(59)55-23-9-10-24-55)49(61-31)63-50-44(42(32(2)62-50)36-20-14-22-38(52)30-36)46(58)54-40(28-34-17-7-4-8-18-34)48(60)56-25-11-12-26-56/h3-8,13-22,29-30,39-40H,9-12,23-28H2,1-2H3,(H,53,57)(H,54,58). The predicted molar refractivity (Wildman–Crippen MR) is 248 cm³/mol. The third kappa shape index (κ3) is 10.2. The number of carbonyl (C=O) groups excluding carboxylic acids is 4. The van der Waals surface area contributed by atoms with Crippen LogP contribution in [0.3, 0.4) is 0 Å². The van der Waals surface area contributed by atoms with Crippen molar-refractivity contribution < 1.29 is 28.0 Å². The molecule has 0 spiro atoms. The Labute approximate surface area is 380 Å². The van der Waals surface area contributed by atoms with E-state index in [0.29, 0.717) is 67.1 Å². The molecule has 324 valence electrons. The van der Waals surface area contributed by atoms with Gasteiger partial charge in [0, 0.05) is 0 Å². The Morgan fingerprint density at radius 1 is 0.571 bits per heavy atom. The van der Waals surface area contributed by atoms with E-state index in [0.717, 1.165) is 46.6 Å². The van der Waals surface area contributed by atoms with Gasteiger partial charge in [0.2, 0.25) is 0 Å². The molecule has 4 heterocycles. The quantitative estimate of drug-likeness (QED) is 0.110. The van der Waals surface area contributed by atoms with Gasteiger partial charge in [-0.2, -0.15) is 0 Å². The van der Waals surface area contributed by atoms with Crippen LogP contribution in [-0.4, -0.2) is 86.6 Å². The summed E-state index contributed by atoms with van der Waals surface area (Å²) in [6.07, 6.45) is 4.14. The Morgan fingerprint density at radius 3 is 1.32 bits per heavy atom. The van der Waals surface area contributed by atoms with E-state index < -0.39 is 50.5 Å². The average molecular weight is 950 g/mol. The third-order valence-corrected chi connectivity index (χ3v) is 16.9. The molecule has 2 aromatic heterocycles. The van der Waals surface area contributed by atoms with Crippen molar-refractivity contribution in [1.82, 2.24) is 20.4 Å². The number of amides is 4. The summed E-state index contributed by atoms with van der Waals surface area (Å²) < 4.78 is 31.2. The maximum absolute atomic E-state index is 15.0. The molecule has 4 aromatic carbocycles. The van der Waals surface area contributed by atoms with Crippen LogP contribution in [0.15, 0.2) is 109 Å². The first-order chi connectivity index (χ1) is 30.5. The molecule has 2 aliphatic rings. The number of benzene rings is 4. The monoisotopic (exact) mass is 950 g/mol. The topological polar surface area (TPSA) is 98.8 Å². The first kappa shape index (κ1) is 44.2. The molecule has 4 amide bonds. The summed E-state index contributed by atoms with van der Waals surface area (Å²) >= 11 is 2.10. The summed E-state index contributed by atoms with van der Waals surface area (Å²) in [4.78, 5) is 63.4. The molecule has 8 nitrogen and oxygen atoms in total. The van der Waals surface area contributed by atoms with Crippen molar-refractivity contribution in [1.29, 1.82) is 0 Å². The Kier molecular flexibility index (Phi) is 14.0. The Hall–Kier alpha value is -5.46. The van der Waals surface area contributed by atoms with E-state index in [1.807, 2.05) is 74.5 Å². The number of halogens is 2. The van der Waals surface area contributed by atoms with Crippen LogP contribution in [0.25, 0.3) is 22.3 Å². The molecule has 2 fully saturated rings. The number of nitrogens with zero attached hydrogens (tertiary/aromatic N) is 2. The molecule has 0 radical (unpaired) electrons. The van der Waals surface area contributed by atoms with Crippen molar-refractivity contribution in [2.75, 3.05) is 26.2 Å². The van der Waals surface area contributed by atoms with Gasteiger partial charge in [-0.1, -0.05) is 0 Å². The van der Waals surface area contributed by atoms with Gasteiger partial charge < -0.3 is 0 Å². The molecule has 2 atom stereocenters. The zero-order valence-corrected chi connectivity index (χ0v) is 38.5. The summed E-state index contributed by atoms with van der Waals surface area (Å²) in [7, 11) is 0. The first-order valence-corrected chi connectivity index (χ1v) is 24.6. The summed E-state index contributed by atoms with van der Waals surface area (Å²) in [6, 6.07) is 29.7. The zero-order chi connectivity index (χ0) is 44.0. The van der Waals surface area contributed by atoms with Gasteiger partial charge in [-0.05, 0) is 0 Å². The molecular formula is C50H48F2N4O4S2Se. The van der Waals surface area contributed by atoms with Crippen molar-refractivity contribution in [3.05, 3.63) is 153 Å². The number of hydrogen-bond donors (Lipinski definition) is 2. The van der Waals surface area contributed by atoms with Crippen molar-refractivity contribution >= 4 is 68.8 Å². The molecule has 2 aliphatic heterocycles. The van der Waals surface area contributed by atoms with E-state index >= 15 is 9.59 Å². The molecular weight excluding hydrogens is 902 g/mol. The fourth-order valence-electron chi connectivity index (χ4n) is 8.54. The minimum atomic E-state index is -0.862. The predicted octanol–water partition coefficient (Wildman–Crippen LogP) is 7.62. The summed E-state index contributed by atoms with van der Waals surface area (Å²) in [5, 5.41) is 6.26. The number of carbonyl (C=O) groups is 4. The van der Waals surface area contributed by atoms with E-state index in [1.165, 1.54) is 46.9 Å². The molecule has 2 unspecified atom stereocenters. The molecule has 2 saturated heterocycles. The summed E-state index contributed by atoms with van der Waals surface area (Å²) in [5.74, 6) is -2.15. The summed E-state index contributed by atoms with van der Waals surface area (Å²) in [5.41, 5.74) is 4.61.